The molecule has 3 rings (SSSR count). The van der Waals surface area contributed by atoms with E-state index >= 15 is 0 Å². The molecule has 0 spiro atoms. The molecule has 0 aromatic rings. The Bertz CT molecular complexity index is 367. The minimum atomic E-state index is 0.0132. The fourth-order valence-electron chi connectivity index (χ4n) is 3.81. The molecule has 4 nitrogen and oxygen atoms in total. The van der Waals surface area contributed by atoms with Gasteiger partial charge in [0.15, 0.2) is 0 Å². The molecule has 1 saturated carbocycles. The van der Waals surface area contributed by atoms with Gasteiger partial charge in [-0.05, 0) is 43.9 Å². The molecule has 0 aromatic carbocycles. The Labute approximate surface area is 122 Å². The zero-order valence-corrected chi connectivity index (χ0v) is 13.0. The van der Waals surface area contributed by atoms with Gasteiger partial charge >= 0.3 is 0 Å². The predicted octanol–water partition coefficient (Wildman–Crippen LogP) is 2.14. The molecule has 4 atom stereocenters. The fraction of sp³-hybridized carbons (Fsp3) is 0.938. The lowest BCUT2D eigenvalue weighted by atomic mass is 10.0. The summed E-state index contributed by atoms with van der Waals surface area (Å²) in [6, 6.07) is 0.321. The molecule has 1 N–H and O–H groups in total. The monoisotopic (exact) mass is 280 g/mol. The number of ether oxygens (including phenoxy) is 1. The number of nitrogens with one attached hydrogen (secondary N) is 1. The Morgan fingerprint density at radius 2 is 2.10 bits per heavy atom. The third-order valence-corrected chi connectivity index (χ3v) is 4.93. The van der Waals surface area contributed by atoms with Crippen LogP contribution in [0.3, 0.4) is 0 Å². The topological polar surface area (TPSA) is 41.6 Å². The van der Waals surface area contributed by atoms with Crippen LogP contribution in [0.2, 0.25) is 0 Å². The van der Waals surface area contributed by atoms with E-state index in [0.29, 0.717) is 29.9 Å². The fourth-order valence-corrected chi connectivity index (χ4v) is 3.81. The molecule has 114 valence electrons. The highest BCUT2D eigenvalue weighted by Gasteiger charge is 2.49. The van der Waals surface area contributed by atoms with Crippen molar-refractivity contribution in [3.05, 3.63) is 0 Å². The zero-order chi connectivity index (χ0) is 14.3. The summed E-state index contributed by atoms with van der Waals surface area (Å²) in [6.07, 6.45) is 6.00. The predicted molar refractivity (Wildman–Crippen MR) is 78.2 cm³/mol. The summed E-state index contributed by atoms with van der Waals surface area (Å²) < 4.78 is 5.95. The van der Waals surface area contributed by atoms with Crippen molar-refractivity contribution in [2.45, 2.75) is 77.2 Å². The molecule has 0 aromatic heterocycles. The summed E-state index contributed by atoms with van der Waals surface area (Å²) in [5, 5.41) is 3.55. The van der Waals surface area contributed by atoms with Crippen LogP contribution in [-0.2, 0) is 9.53 Å². The standard InChI is InChI=1S/C16H28N2O2/c1-4-12-16(19)18(14(17-12)9-10(2)3)13-7-8-20-15(13)11-5-6-11/h10-15,17H,4-9H2,1-3H3. The van der Waals surface area contributed by atoms with Crippen molar-refractivity contribution < 1.29 is 9.53 Å². The van der Waals surface area contributed by atoms with Crippen molar-refractivity contribution in [1.29, 1.82) is 0 Å². The second kappa shape index (κ2) is 5.64. The Morgan fingerprint density at radius 3 is 2.70 bits per heavy atom. The first kappa shape index (κ1) is 14.3. The first-order valence-corrected chi connectivity index (χ1v) is 8.31. The van der Waals surface area contributed by atoms with Crippen LogP contribution in [0.4, 0.5) is 0 Å². The van der Waals surface area contributed by atoms with E-state index in [1.54, 1.807) is 0 Å². The molecule has 4 heteroatoms. The number of carbonyl (C=O) groups is 1. The Kier molecular flexibility index (Phi) is 4.04. The van der Waals surface area contributed by atoms with Crippen LogP contribution in [0, 0.1) is 11.8 Å². The van der Waals surface area contributed by atoms with E-state index in [4.69, 9.17) is 4.74 Å². The van der Waals surface area contributed by atoms with Gasteiger partial charge in [0, 0.05) is 6.61 Å². The van der Waals surface area contributed by atoms with Crippen molar-refractivity contribution in [2.24, 2.45) is 11.8 Å². The van der Waals surface area contributed by atoms with Crippen LogP contribution in [-0.4, -0.2) is 41.8 Å². The van der Waals surface area contributed by atoms with Crippen LogP contribution in [0.25, 0.3) is 0 Å². The van der Waals surface area contributed by atoms with Crippen molar-refractivity contribution in [3.63, 3.8) is 0 Å². The highest BCUT2D eigenvalue weighted by molar-refractivity contribution is 5.84. The van der Waals surface area contributed by atoms with Crippen molar-refractivity contribution in [1.82, 2.24) is 10.2 Å². The lowest BCUT2D eigenvalue weighted by Gasteiger charge is -2.34. The number of carbonyl (C=O) groups excluding carboxylic acids is 1. The van der Waals surface area contributed by atoms with Gasteiger partial charge in [0.05, 0.1) is 24.4 Å². The van der Waals surface area contributed by atoms with Gasteiger partial charge < -0.3 is 9.64 Å². The molecule has 2 heterocycles. The Morgan fingerprint density at radius 1 is 1.35 bits per heavy atom. The average Bonchev–Trinajstić information content (AvgIpc) is 3.06. The molecule has 4 unspecified atom stereocenters. The maximum atomic E-state index is 12.7. The third-order valence-electron chi connectivity index (χ3n) is 4.93. The zero-order valence-electron chi connectivity index (χ0n) is 13.0. The SMILES string of the molecule is CCC1NC(CC(C)C)N(C2CCOC2C2CC2)C1=O. The summed E-state index contributed by atoms with van der Waals surface area (Å²) in [5.74, 6) is 1.61. The van der Waals surface area contributed by atoms with Gasteiger partial charge in [-0.1, -0.05) is 20.8 Å². The maximum absolute atomic E-state index is 12.7. The lowest BCUT2D eigenvalue weighted by molar-refractivity contribution is -0.134. The van der Waals surface area contributed by atoms with E-state index in [0.717, 1.165) is 25.9 Å². The Hall–Kier alpha value is -0.610. The molecule has 0 radical (unpaired) electrons. The summed E-state index contributed by atoms with van der Waals surface area (Å²) >= 11 is 0. The summed E-state index contributed by atoms with van der Waals surface area (Å²) in [6.45, 7) is 7.37. The number of hydrogen-bond acceptors (Lipinski definition) is 3. The number of hydrogen-bond donors (Lipinski definition) is 1. The molecular weight excluding hydrogens is 252 g/mol. The minimum absolute atomic E-state index is 0.0132. The van der Waals surface area contributed by atoms with E-state index in [1.165, 1.54) is 12.8 Å². The van der Waals surface area contributed by atoms with Gasteiger partial charge in [-0.15, -0.1) is 0 Å². The molecule has 3 fully saturated rings. The van der Waals surface area contributed by atoms with E-state index in [2.05, 4.69) is 31.0 Å². The number of nitrogens with zero attached hydrogens (tertiary/aromatic N) is 1. The van der Waals surface area contributed by atoms with E-state index in [1.807, 2.05) is 0 Å². The van der Waals surface area contributed by atoms with Crippen LogP contribution in [0.5, 0.6) is 0 Å². The molecule has 20 heavy (non-hydrogen) atoms. The summed E-state index contributed by atoms with van der Waals surface area (Å²) in [5.41, 5.74) is 0. The normalized spacial score (nSPS) is 38.2. The minimum Gasteiger partial charge on any atom is -0.376 e. The number of rotatable bonds is 5. The molecule has 0 bridgehead atoms. The average molecular weight is 280 g/mol. The maximum Gasteiger partial charge on any atom is 0.241 e. The highest BCUT2D eigenvalue weighted by Crippen LogP contribution is 2.41. The van der Waals surface area contributed by atoms with Gasteiger partial charge in [0.1, 0.15) is 0 Å². The summed E-state index contributed by atoms with van der Waals surface area (Å²) in [4.78, 5) is 14.9. The molecule has 2 saturated heterocycles. The van der Waals surface area contributed by atoms with Crippen LogP contribution in [0.15, 0.2) is 0 Å². The van der Waals surface area contributed by atoms with Gasteiger partial charge in [0.2, 0.25) is 5.91 Å². The van der Waals surface area contributed by atoms with E-state index < -0.39 is 0 Å². The third kappa shape index (κ3) is 2.60. The van der Waals surface area contributed by atoms with Crippen LogP contribution < -0.4 is 5.32 Å². The molecular formula is C16H28N2O2. The van der Waals surface area contributed by atoms with E-state index in [9.17, 15) is 4.79 Å². The van der Waals surface area contributed by atoms with Crippen LogP contribution in [0.1, 0.15) is 52.9 Å². The number of amides is 1. The molecule has 1 aliphatic carbocycles. The van der Waals surface area contributed by atoms with Crippen LogP contribution >= 0.6 is 0 Å². The first-order valence-electron chi connectivity index (χ1n) is 8.31. The largest absolute Gasteiger partial charge is 0.376 e. The van der Waals surface area contributed by atoms with Gasteiger partial charge in [-0.25, -0.2) is 0 Å². The summed E-state index contributed by atoms with van der Waals surface area (Å²) in [7, 11) is 0. The smallest absolute Gasteiger partial charge is 0.241 e. The van der Waals surface area contributed by atoms with Crippen molar-refractivity contribution in [2.75, 3.05) is 6.61 Å². The second-order valence-electron chi connectivity index (χ2n) is 7.05. The van der Waals surface area contributed by atoms with Gasteiger partial charge in [0.25, 0.3) is 0 Å². The lowest BCUT2D eigenvalue weighted by Crippen LogP contribution is -2.49. The van der Waals surface area contributed by atoms with E-state index in [-0.39, 0.29) is 12.2 Å². The molecule has 1 amide bonds. The molecule has 2 aliphatic heterocycles. The van der Waals surface area contributed by atoms with Gasteiger partial charge in [-0.2, -0.15) is 0 Å². The highest BCUT2D eigenvalue weighted by atomic mass is 16.5. The van der Waals surface area contributed by atoms with Crippen molar-refractivity contribution >= 4 is 5.91 Å². The quantitative estimate of drug-likeness (QED) is 0.839. The Balaban J connectivity index is 1.77. The molecule has 3 aliphatic rings. The second-order valence-corrected chi connectivity index (χ2v) is 7.05. The van der Waals surface area contributed by atoms with Crippen molar-refractivity contribution in [3.8, 4) is 0 Å². The van der Waals surface area contributed by atoms with Gasteiger partial charge in [-0.3, -0.25) is 10.1 Å². The first-order chi connectivity index (χ1) is 9.61.